The first-order valence-corrected chi connectivity index (χ1v) is 4.95. The molecule has 1 aromatic carbocycles. The van der Waals surface area contributed by atoms with Crippen LogP contribution in [0.25, 0.3) is 0 Å². The molecule has 0 aliphatic carbocycles. The first-order valence-electron chi connectivity index (χ1n) is 3.83. The molecule has 0 atom stereocenters. The third-order valence-corrected chi connectivity index (χ3v) is 1.93. The van der Waals surface area contributed by atoms with Gasteiger partial charge in [0.2, 0.25) is 0 Å². The highest BCUT2D eigenvalue weighted by Crippen LogP contribution is 2.08. The van der Waals surface area contributed by atoms with E-state index in [0.717, 1.165) is 11.1 Å². The van der Waals surface area contributed by atoms with Crippen molar-refractivity contribution in [1.29, 1.82) is 5.26 Å². The van der Waals surface area contributed by atoms with E-state index in [1.807, 2.05) is 19.1 Å². The zero-order valence-corrected chi connectivity index (χ0v) is 8.85. The molecule has 64 valence electrons. The number of nitriles is 1. The fraction of sp³-hybridized carbons (Fsp3) is 0.182. The molecule has 0 bridgehead atoms. The average Bonchev–Trinajstić information content (AvgIpc) is 2.15. The van der Waals surface area contributed by atoms with E-state index in [1.165, 1.54) is 0 Å². The maximum atomic E-state index is 8.69. The lowest BCUT2D eigenvalue weighted by Gasteiger charge is -1.96. The molecule has 0 fully saturated rings. The van der Waals surface area contributed by atoms with Gasteiger partial charge in [-0.2, -0.15) is 5.26 Å². The SMILES string of the molecule is Cc1cc(C#CCBr)ccc1C#N. The molecule has 0 heterocycles. The highest BCUT2D eigenvalue weighted by Gasteiger charge is 1.95. The van der Waals surface area contributed by atoms with E-state index in [2.05, 4.69) is 33.8 Å². The van der Waals surface area contributed by atoms with Crippen molar-refractivity contribution >= 4 is 15.9 Å². The van der Waals surface area contributed by atoms with Gasteiger partial charge in [0.1, 0.15) is 0 Å². The van der Waals surface area contributed by atoms with Crippen molar-refractivity contribution in [2.75, 3.05) is 5.33 Å². The average molecular weight is 234 g/mol. The molecule has 0 amide bonds. The number of aryl methyl sites for hydroxylation is 1. The summed E-state index contributed by atoms with van der Waals surface area (Å²) in [6.45, 7) is 1.91. The van der Waals surface area contributed by atoms with Crippen LogP contribution in [0, 0.1) is 30.1 Å². The van der Waals surface area contributed by atoms with Gasteiger partial charge in [-0.3, -0.25) is 0 Å². The Kier molecular flexibility index (Phi) is 3.55. The summed E-state index contributed by atoms with van der Waals surface area (Å²) in [5, 5.41) is 9.36. The van der Waals surface area contributed by atoms with E-state index in [0.29, 0.717) is 10.9 Å². The standard InChI is InChI=1S/C11H8BrN/c1-9-7-10(3-2-6-12)4-5-11(9)8-13/h4-5,7H,6H2,1H3. The Morgan fingerprint density at radius 1 is 1.46 bits per heavy atom. The molecule has 0 N–H and O–H groups in total. The van der Waals surface area contributed by atoms with Crippen LogP contribution < -0.4 is 0 Å². The highest BCUT2D eigenvalue weighted by molar-refractivity contribution is 9.09. The van der Waals surface area contributed by atoms with Gasteiger partial charge in [-0.1, -0.05) is 27.8 Å². The Hall–Kier alpha value is -1.25. The molecule has 2 heteroatoms. The molecule has 0 unspecified atom stereocenters. The van der Waals surface area contributed by atoms with Crippen molar-refractivity contribution in [2.24, 2.45) is 0 Å². The fourth-order valence-corrected chi connectivity index (χ4v) is 1.14. The lowest BCUT2D eigenvalue weighted by molar-refractivity contribution is 1.38. The summed E-state index contributed by atoms with van der Waals surface area (Å²) in [6.07, 6.45) is 0. The molecular weight excluding hydrogens is 226 g/mol. The van der Waals surface area contributed by atoms with Crippen LogP contribution in [0.3, 0.4) is 0 Å². The van der Waals surface area contributed by atoms with Gasteiger partial charge in [0.25, 0.3) is 0 Å². The summed E-state index contributed by atoms with van der Waals surface area (Å²) < 4.78 is 0. The highest BCUT2D eigenvalue weighted by atomic mass is 79.9. The van der Waals surface area contributed by atoms with Gasteiger partial charge < -0.3 is 0 Å². The molecule has 0 saturated heterocycles. The molecular formula is C11H8BrN. The Bertz CT molecular complexity index is 404. The summed E-state index contributed by atoms with van der Waals surface area (Å²) in [4.78, 5) is 0. The Morgan fingerprint density at radius 2 is 2.23 bits per heavy atom. The van der Waals surface area contributed by atoms with Crippen LogP contribution in [-0.4, -0.2) is 5.33 Å². The van der Waals surface area contributed by atoms with E-state index in [9.17, 15) is 0 Å². The molecule has 0 aliphatic heterocycles. The fourth-order valence-electron chi connectivity index (χ4n) is 1.00. The topological polar surface area (TPSA) is 23.8 Å². The van der Waals surface area contributed by atoms with Crippen LogP contribution >= 0.6 is 15.9 Å². The molecule has 1 nitrogen and oxygen atoms in total. The van der Waals surface area contributed by atoms with Crippen molar-refractivity contribution in [1.82, 2.24) is 0 Å². The van der Waals surface area contributed by atoms with E-state index < -0.39 is 0 Å². The summed E-state index contributed by atoms with van der Waals surface area (Å²) in [6, 6.07) is 7.71. The van der Waals surface area contributed by atoms with E-state index in [4.69, 9.17) is 5.26 Å². The van der Waals surface area contributed by atoms with Crippen molar-refractivity contribution < 1.29 is 0 Å². The van der Waals surface area contributed by atoms with Crippen LogP contribution in [-0.2, 0) is 0 Å². The number of nitrogens with zero attached hydrogens (tertiary/aromatic N) is 1. The van der Waals surface area contributed by atoms with Crippen LogP contribution in [0.2, 0.25) is 0 Å². The van der Waals surface area contributed by atoms with Crippen molar-refractivity contribution in [3.8, 4) is 17.9 Å². The lowest BCUT2D eigenvalue weighted by atomic mass is 10.1. The van der Waals surface area contributed by atoms with E-state index in [1.54, 1.807) is 6.07 Å². The maximum absolute atomic E-state index is 8.69. The maximum Gasteiger partial charge on any atom is 0.0994 e. The quantitative estimate of drug-likeness (QED) is 0.500. The number of alkyl halides is 1. The summed E-state index contributed by atoms with van der Waals surface area (Å²) in [5.74, 6) is 5.89. The molecule has 0 radical (unpaired) electrons. The van der Waals surface area contributed by atoms with Crippen molar-refractivity contribution in [3.05, 3.63) is 34.9 Å². The van der Waals surface area contributed by atoms with Gasteiger partial charge in [0, 0.05) is 5.56 Å². The number of rotatable bonds is 0. The smallest absolute Gasteiger partial charge is 0.0994 e. The predicted octanol–water partition coefficient (Wildman–Crippen LogP) is 2.61. The number of hydrogen-bond donors (Lipinski definition) is 0. The second-order valence-electron chi connectivity index (χ2n) is 2.58. The normalized spacial score (nSPS) is 8.38. The Labute approximate surface area is 86.5 Å². The first kappa shape index (κ1) is 9.84. The lowest BCUT2D eigenvalue weighted by Crippen LogP contribution is -1.83. The molecule has 0 aromatic heterocycles. The minimum Gasteiger partial charge on any atom is -0.192 e. The van der Waals surface area contributed by atoms with E-state index >= 15 is 0 Å². The summed E-state index contributed by atoms with van der Waals surface area (Å²) in [7, 11) is 0. The molecule has 0 saturated carbocycles. The van der Waals surface area contributed by atoms with Crippen molar-refractivity contribution in [3.63, 3.8) is 0 Å². The monoisotopic (exact) mass is 233 g/mol. The largest absolute Gasteiger partial charge is 0.192 e. The van der Waals surface area contributed by atoms with Gasteiger partial charge in [0.15, 0.2) is 0 Å². The second kappa shape index (κ2) is 4.70. The van der Waals surface area contributed by atoms with E-state index in [-0.39, 0.29) is 0 Å². The van der Waals surface area contributed by atoms with Crippen LogP contribution in [0.15, 0.2) is 18.2 Å². The minimum absolute atomic E-state index is 0.673. The van der Waals surface area contributed by atoms with Crippen LogP contribution in [0.4, 0.5) is 0 Å². The Balaban J connectivity index is 3.04. The molecule has 1 rings (SSSR count). The number of halogens is 1. The zero-order chi connectivity index (χ0) is 9.68. The van der Waals surface area contributed by atoms with Crippen LogP contribution in [0.1, 0.15) is 16.7 Å². The molecule has 1 aromatic rings. The van der Waals surface area contributed by atoms with Crippen LogP contribution in [0.5, 0.6) is 0 Å². The van der Waals surface area contributed by atoms with Gasteiger partial charge >= 0.3 is 0 Å². The minimum atomic E-state index is 0.673. The molecule has 13 heavy (non-hydrogen) atoms. The first-order chi connectivity index (χ1) is 6.27. The third kappa shape index (κ3) is 2.61. The van der Waals surface area contributed by atoms with Gasteiger partial charge in [-0.15, -0.1) is 0 Å². The number of benzene rings is 1. The zero-order valence-electron chi connectivity index (χ0n) is 7.26. The third-order valence-electron chi connectivity index (χ3n) is 1.65. The number of hydrogen-bond acceptors (Lipinski definition) is 1. The molecule has 0 spiro atoms. The Morgan fingerprint density at radius 3 is 2.77 bits per heavy atom. The summed E-state index contributed by atoms with van der Waals surface area (Å²) >= 11 is 3.23. The van der Waals surface area contributed by atoms with Gasteiger partial charge in [-0.05, 0) is 30.7 Å². The molecule has 0 aliphatic rings. The van der Waals surface area contributed by atoms with Gasteiger partial charge in [0.05, 0.1) is 17.0 Å². The summed E-state index contributed by atoms with van der Waals surface area (Å²) in [5.41, 5.74) is 2.64. The second-order valence-corrected chi connectivity index (χ2v) is 3.14. The predicted molar refractivity (Wildman–Crippen MR) is 56.6 cm³/mol. The van der Waals surface area contributed by atoms with Crippen molar-refractivity contribution in [2.45, 2.75) is 6.92 Å². The van der Waals surface area contributed by atoms with Gasteiger partial charge in [-0.25, -0.2) is 0 Å².